The van der Waals surface area contributed by atoms with Gasteiger partial charge in [0, 0.05) is 50.1 Å². The molecule has 4 atom stereocenters. The van der Waals surface area contributed by atoms with Gasteiger partial charge in [0.15, 0.2) is 5.82 Å². The lowest BCUT2D eigenvalue weighted by Gasteiger charge is -2.42. The zero-order valence-corrected chi connectivity index (χ0v) is 26.9. The maximum absolute atomic E-state index is 17.2. The van der Waals surface area contributed by atoms with Gasteiger partial charge in [-0.25, -0.2) is 18.2 Å². The van der Waals surface area contributed by atoms with Gasteiger partial charge in [0.05, 0.1) is 34.5 Å². The number of hydrogen-bond donors (Lipinski definition) is 2. The van der Waals surface area contributed by atoms with Gasteiger partial charge in [-0.2, -0.15) is 9.97 Å². The molecule has 8 rings (SSSR count). The Balaban J connectivity index is 1.30. The second-order valence-corrected chi connectivity index (χ2v) is 13.7. The predicted molar refractivity (Wildman–Crippen MR) is 178 cm³/mol. The molecule has 4 aromatic rings. The highest BCUT2D eigenvalue weighted by atomic mass is 19.1. The quantitative estimate of drug-likeness (QED) is 0.255. The third-order valence-electron chi connectivity index (χ3n) is 10.7. The van der Waals surface area contributed by atoms with E-state index in [1.54, 1.807) is 0 Å². The summed E-state index contributed by atoms with van der Waals surface area (Å²) in [4.78, 5) is 17.9. The number of piperazine rings is 1. The molecule has 2 bridgehead atoms. The molecule has 2 N–H and O–H groups in total. The fourth-order valence-electron chi connectivity index (χ4n) is 8.57. The number of nitrogens with zero attached hydrogens (tertiary/aromatic N) is 5. The van der Waals surface area contributed by atoms with Gasteiger partial charge in [0.1, 0.15) is 46.8 Å². The molecule has 0 amide bonds. The Morgan fingerprint density at radius 2 is 2.04 bits per heavy atom. The van der Waals surface area contributed by atoms with Crippen molar-refractivity contribution in [3.63, 3.8) is 0 Å². The summed E-state index contributed by atoms with van der Waals surface area (Å²) in [6.07, 6.45) is 8.01. The number of ether oxygens (including phenoxy) is 3. The van der Waals surface area contributed by atoms with Crippen LogP contribution >= 0.6 is 0 Å². The first-order chi connectivity index (χ1) is 24.8. The van der Waals surface area contributed by atoms with Crippen molar-refractivity contribution < 1.29 is 36.6 Å². The summed E-state index contributed by atoms with van der Waals surface area (Å²) in [7, 11) is -1.24. The summed E-state index contributed by atoms with van der Waals surface area (Å²) in [6, 6.07) is 5.03. The molecule has 2 aromatic carbocycles. The summed E-state index contributed by atoms with van der Waals surface area (Å²) in [5.41, 5.74) is -1.92. The lowest BCUT2D eigenvalue weighted by Crippen LogP contribution is -2.61. The summed E-state index contributed by atoms with van der Waals surface area (Å²) in [6.45, 7) is 1.72. The number of rotatable bonds is 8. The molecule has 0 radical (unpaired) electrons. The minimum absolute atomic E-state index is 0.0178. The molecule has 0 aliphatic carbocycles. The van der Waals surface area contributed by atoms with E-state index in [-0.39, 0.29) is 82.4 Å². The number of nitrogens with one attached hydrogen (secondary N) is 1. The Kier molecular flexibility index (Phi) is 6.91. The van der Waals surface area contributed by atoms with Crippen molar-refractivity contribution in [1.82, 2.24) is 25.2 Å². The summed E-state index contributed by atoms with van der Waals surface area (Å²) < 4.78 is 87.1. The van der Waals surface area contributed by atoms with Crippen LogP contribution < -0.4 is 19.7 Å². The molecule has 256 valence electrons. The van der Waals surface area contributed by atoms with E-state index in [1.807, 2.05) is 4.90 Å². The van der Waals surface area contributed by atoms with E-state index < -0.39 is 35.9 Å². The predicted octanol–water partition coefficient (Wildman–Crippen LogP) is 4.73. The summed E-state index contributed by atoms with van der Waals surface area (Å²) >= 11 is 0. The van der Waals surface area contributed by atoms with Gasteiger partial charge < -0.3 is 29.5 Å². The van der Waals surface area contributed by atoms with Crippen LogP contribution in [0, 0.1) is 24.0 Å². The number of phenols is 1. The number of benzene rings is 2. The number of fused-ring (bicyclic) bond motifs is 5. The Morgan fingerprint density at radius 1 is 1.16 bits per heavy atom. The molecule has 6 heterocycles. The molecule has 4 aliphatic rings. The maximum Gasteiger partial charge on any atom is 0.319 e. The molecule has 0 saturated carbocycles. The number of pyridine rings is 1. The van der Waals surface area contributed by atoms with Crippen LogP contribution in [0.25, 0.3) is 32.9 Å². The van der Waals surface area contributed by atoms with Crippen molar-refractivity contribution in [2.75, 3.05) is 58.4 Å². The van der Waals surface area contributed by atoms with Gasteiger partial charge in [0.25, 0.3) is 0 Å². The molecule has 4 aliphatic heterocycles. The lowest BCUT2D eigenvalue weighted by atomic mass is 9.95. The van der Waals surface area contributed by atoms with Gasteiger partial charge in [-0.3, -0.25) is 4.90 Å². The molecular formula is C36H37F3N6O4. The zero-order valence-electron chi connectivity index (χ0n) is 29.9. The number of methoxy groups -OCH3 is 2. The Labute approximate surface area is 285 Å². The zero-order chi connectivity index (χ0) is 36.6. The molecular weight excluding hydrogens is 637 g/mol. The Morgan fingerprint density at radius 3 is 2.86 bits per heavy atom. The minimum Gasteiger partial charge on any atom is -0.508 e. The number of halogens is 3. The third-order valence-corrected chi connectivity index (χ3v) is 10.7. The molecule has 0 unspecified atom stereocenters. The van der Waals surface area contributed by atoms with E-state index in [9.17, 15) is 9.50 Å². The molecule has 0 spiro atoms. The van der Waals surface area contributed by atoms with E-state index in [4.69, 9.17) is 29.7 Å². The molecule has 13 heteroatoms. The van der Waals surface area contributed by atoms with Crippen LogP contribution in [-0.2, 0) is 4.74 Å². The topological polar surface area (TPSA) is 105 Å². The van der Waals surface area contributed by atoms with Crippen molar-refractivity contribution in [2.45, 2.75) is 55.4 Å². The smallest absolute Gasteiger partial charge is 0.319 e. The van der Waals surface area contributed by atoms with Crippen LogP contribution in [0.5, 0.6) is 17.6 Å². The fraction of sp³-hybridized carbons (Fsp3) is 0.472. The molecule has 2 aromatic heterocycles. The number of terminal acetylenes is 1. The van der Waals surface area contributed by atoms with Gasteiger partial charge >= 0.3 is 6.01 Å². The Hall–Kier alpha value is -4.38. The number of anilines is 1. The van der Waals surface area contributed by atoms with Gasteiger partial charge in [-0.1, -0.05) is 12.0 Å². The van der Waals surface area contributed by atoms with Crippen molar-refractivity contribution in [1.29, 1.82) is 0 Å². The second-order valence-electron chi connectivity index (χ2n) is 13.7. The van der Waals surface area contributed by atoms with Crippen LogP contribution in [-0.4, -0.2) is 102 Å². The number of hydrogen-bond acceptors (Lipinski definition) is 10. The first-order valence-electron chi connectivity index (χ1n) is 17.9. The van der Waals surface area contributed by atoms with E-state index in [0.29, 0.717) is 31.3 Å². The highest BCUT2D eigenvalue weighted by molar-refractivity contribution is 6.04. The molecule has 4 saturated heterocycles. The molecule has 10 nitrogen and oxygen atoms in total. The van der Waals surface area contributed by atoms with Crippen LogP contribution in [0.1, 0.15) is 41.8 Å². The van der Waals surface area contributed by atoms with Crippen molar-refractivity contribution in [3.8, 4) is 41.2 Å². The van der Waals surface area contributed by atoms with E-state index in [0.717, 1.165) is 25.8 Å². The van der Waals surface area contributed by atoms with Crippen molar-refractivity contribution in [2.24, 2.45) is 0 Å². The summed E-state index contributed by atoms with van der Waals surface area (Å²) in [5.74, 6) is 0.673. The maximum atomic E-state index is 17.2. The van der Waals surface area contributed by atoms with E-state index in [1.165, 1.54) is 31.4 Å². The highest BCUT2D eigenvalue weighted by Gasteiger charge is 2.50. The van der Waals surface area contributed by atoms with Crippen LogP contribution in [0.2, 0.25) is 0 Å². The first kappa shape index (κ1) is 28.5. The summed E-state index contributed by atoms with van der Waals surface area (Å²) in [5, 5.41) is 14.8. The van der Waals surface area contributed by atoms with E-state index in [2.05, 4.69) is 26.1 Å². The highest BCUT2D eigenvalue weighted by Crippen LogP contribution is 2.44. The standard InChI is InChI=1S/C36H37F3N6O4/c1-4-24-26(38)7-6-20-12-23(46)13-25(27(20)24)30-29(39)31-28(33(40-30)48-3)32(44-16-22-8-10-35(17-44,43-22)18-47-2)42-34(41-31)49-19-36-9-5-11-45(36)15-21(37)14-36/h1,6-7,12-13,21-22,43,46H,5,8-11,14-19H2,2-3H3/t21-,22+,35-,36+/m1/s1/i2D3. The fourth-order valence-corrected chi connectivity index (χ4v) is 8.57. The monoisotopic (exact) mass is 677 g/mol. The molecule has 49 heavy (non-hydrogen) atoms. The van der Waals surface area contributed by atoms with Crippen LogP contribution in [0.4, 0.5) is 19.0 Å². The number of alkyl halides is 1. The van der Waals surface area contributed by atoms with Crippen LogP contribution in [0.3, 0.4) is 0 Å². The second kappa shape index (κ2) is 11.9. The van der Waals surface area contributed by atoms with Crippen molar-refractivity contribution >= 4 is 27.5 Å². The normalized spacial score (nSPS) is 27.6. The van der Waals surface area contributed by atoms with Gasteiger partial charge in [0.2, 0.25) is 5.88 Å². The average molecular weight is 678 g/mol. The van der Waals surface area contributed by atoms with Gasteiger partial charge in [-0.15, -0.1) is 6.42 Å². The molecule has 4 fully saturated rings. The number of aromatic nitrogens is 3. The average Bonchev–Trinajstić information content (AvgIpc) is 3.74. The number of aromatic hydroxyl groups is 1. The lowest BCUT2D eigenvalue weighted by molar-refractivity contribution is 0.107. The van der Waals surface area contributed by atoms with Gasteiger partial charge in [-0.05, 0) is 55.8 Å². The van der Waals surface area contributed by atoms with Crippen molar-refractivity contribution in [3.05, 3.63) is 41.5 Å². The van der Waals surface area contributed by atoms with E-state index >= 15 is 8.78 Å². The Bertz CT molecular complexity index is 2140. The first-order valence-corrected chi connectivity index (χ1v) is 16.4. The largest absolute Gasteiger partial charge is 0.508 e. The minimum atomic E-state index is -2.60. The van der Waals surface area contributed by atoms with Crippen LogP contribution in [0.15, 0.2) is 24.3 Å². The number of phenolic OH excluding ortho intramolecular Hbond substituents is 1. The SMILES string of the molecule is [2H]C([2H])([2H])OC[C@@]12CC[C@@H](CN(c3nc(OC[C@@]45CCCN4C[C@H](F)C5)nc4c(F)c(-c5cc(O)cc6ccc(F)c(C#C)c56)nc(OC)c34)C1)N2. The third kappa shape index (κ3) is 5.19.